The number of pyridine rings is 1. The molecule has 3 heterocycles. The smallest absolute Gasteiger partial charge is 0.142 e. The van der Waals surface area contributed by atoms with Crippen molar-refractivity contribution >= 4 is 16.6 Å². The maximum Gasteiger partial charge on any atom is 0.142 e. The Morgan fingerprint density at radius 1 is 1.20 bits per heavy atom. The molecule has 0 amide bonds. The zero-order valence-corrected chi connectivity index (χ0v) is 14.3. The van der Waals surface area contributed by atoms with E-state index in [0.29, 0.717) is 19.6 Å². The molecule has 5 nitrogen and oxygen atoms in total. The van der Waals surface area contributed by atoms with Gasteiger partial charge in [-0.15, -0.1) is 0 Å². The van der Waals surface area contributed by atoms with Crippen molar-refractivity contribution in [1.29, 1.82) is 0 Å². The van der Waals surface area contributed by atoms with Crippen LogP contribution in [-0.4, -0.2) is 33.5 Å². The molecular formula is C20H21N3O2. The quantitative estimate of drug-likeness (QED) is 0.735. The van der Waals surface area contributed by atoms with Crippen LogP contribution in [0.5, 0.6) is 0 Å². The highest BCUT2D eigenvalue weighted by Gasteiger charge is 2.21. The van der Waals surface area contributed by atoms with Crippen molar-refractivity contribution < 1.29 is 9.53 Å². The fourth-order valence-corrected chi connectivity index (χ4v) is 3.42. The first kappa shape index (κ1) is 16.0. The third-order valence-electron chi connectivity index (χ3n) is 4.92. The van der Waals surface area contributed by atoms with Crippen molar-refractivity contribution in [2.24, 2.45) is 13.0 Å². The number of imidazole rings is 1. The number of nitrogens with zero attached hydrogens (tertiary/aromatic N) is 3. The molecule has 1 aliphatic heterocycles. The van der Waals surface area contributed by atoms with Gasteiger partial charge < -0.3 is 9.30 Å². The lowest BCUT2D eigenvalue weighted by atomic mass is 9.92. The third-order valence-corrected chi connectivity index (χ3v) is 4.92. The van der Waals surface area contributed by atoms with Crippen molar-refractivity contribution in [2.75, 3.05) is 13.2 Å². The Balaban J connectivity index is 1.60. The van der Waals surface area contributed by atoms with Crippen molar-refractivity contribution in [1.82, 2.24) is 14.5 Å². The van der Waals surface area contributed by atoms with Gasteiger partial charge in [0.05, 0.1) is 18.2 Å². The number of fused-ring (bicyclic) bond motifs is 1. The summed E-state index contributed by atoms with van der Waals surface area (Å²) in [5.74, 6) is 0.393. The molecule has 5 heteroatoms. The van der Waals surface area contributed by atoms with Crippen molar-refractivity contribution in [3.8, 4) is 11.3 Å². The molecule has 0 spiro atoms. The first-order chi connectivity index (χ1) is 12.2. The molecule has 0 radical (unpaired) electrons. The highest BCUT2D eigenvalue weighted by Crippen LogP contribution is 2.25. The standard InChI is InChI=1S/C20H21N3O2/c1-23-13-21-12-19(23)15-2-3-16-11-22-18(9-17(16)8-15)10-20(24)14-4-6-25-7-5-14/h2-3,8-9,11-14H,4-7,10H2,1H3. The predicted octanol–water partition coefficient (Wildman–Crippen LogP) is 3.17. The molecule has 128 valence electrons. The molecule has 0 saturated carbocycles. The van der Waals surface area contributed by atoms with E-state index in [2.05, 4.69) is 28.2 Å². The van der Waals surface area contributed by atoms with Gasteiger partial charge in [-0.05, 0) is 30.4 Å². The van der Waals surface area contributed by atoms with Gasteiger partial charge in [0.1, 0.15) is 5.78 Å². The largest absolute Gasteiger partial charge is 0.381 e. The normalized spacial score (nSPS) is 15.6. The molecule has 0 aliphatic carbocycles. The number of rotatable bonds is 4. The number of carbonyl (C=O) groups is 1. The van der Waals surface area contributed by atoms with Gasteiger partial charge in [0, 0.05) is 55.4 Å². The van der Waals surface area contributed by atoms with Crippen LogP contribution >= 0.6 is 0 Å². The van der Waals surface area contributed by atoms with Crippen LogP contribution in [0.3, 0.4) is 0 Å². The van der Waals surface area contributed by atoms with E-state index >= 15 is 0 Å². The van der Waals surface area contributed by atoms with E-state index in [1.165, 1.54) is 0 Å². The first-order valence-electron chi connectivity index (χ1n) is 8.66. The average molecular weight is 335 g/mol. The molecule has 0 atom stereocenters. The molecular weight excluding hydrogens is 314 g/mol. The lowest BCUT2D eigenvalue weighted by molar-refractivity contribution is -0.125. The number of ether oxygens (including phenoxy) is 1. The average Bonchev–Trinajstić information content (AvgIpc) is 3.08. The van der Waals surface area contributed by atoms with Crippen LogP contribution in [-0.2, 0) is 23.0 Å². The van der Waals surface area contributed by atoms with Crippen LogP contribution in [0.25, 0.3) is 22.0 Å². The van der Waals surface area contributed by atoms with E-state index in [1.807, 2.05) is 30.1 Å². The van der Waals surface area contributed by atoms with Crippen LogP contribution < -0.4 is 0 Å². The monoisotopic (exact) mass is 335 g/mol. The first-order valence-corrected chi connectivity index (χ1v) is 8.66. The summed E-state index contributed by atoms with van der Waals surface area (Å²) in [4.78, 5) is 21.2. The zero-order chi connectivity index (χ0) is 17.2. The van der Waals surface area contributed by atoms with Gasteiger partial charge in [-0.3, -0.25) is 9.78 Å². The summed E-state index contributed by atoms with van der Waals surface area (Å²) in [6.07, 6.45) is 7.57. The van der Waals surface area contributed by atoms with Gasteiger partial charge >= 0.3 is 0 Å². The fraction of sp³-hybridized carbons (Fsp3) is 0.350. The van der Waals surface area contributed by atoms with Crippen molar-refractivity contribution in [3.05, 3.63) is 48.7 Å². The van der Waals surface area contributed by atoms with Crippen LogP contribution in [0.4, 0.5) is 0 Å². The van der Waals surface area contributed by atoms with Gasteiger partial charge in [-0.2, -0.15) is 0 Å². The van der Waals surface area contributed by atoms with Gasteiger partial charge in [0.15, 0.2) is 0 Å². The molecule has 1 aliphatic rings. The summed E-state index contributed by atoms with van der Waals surface area (Å²) < 4.78 is 7.34. The number of ketones is 1. The van der Waals surface area contributed by atoms with Crippen LogP contribution in [0, 0.1) is 5.92 Å². The van der Waals surface area contributed by atoms with Crippen molar-refractivity contribution in [2.45, 2.75) is 19.3 Å². The Bertz CT molecular complexity index is 910. The lowest BCUT2D eigenvalue weighted by Crippen LogP contribution is -2.24. The molecule has 1 aromatic carbocycles. The summed E-state index contributed by atoms with van der Waals surface area (Å²) in [6.45, 7) is 1.38. The van der Waals surface area contributed by atoms with E-state index < -0.39 is 0 Å². The minimum absolute atomic E-state index is 0.118. The van der Waals surface area contributed by atoms with E-state index in [0.717, 1.165) is 40.6 Å². The second-order valence-electron chi connectivity index (χ2n) is 6.66. The zero-order valence-electron chi connectivity index (χ0n) is 14.3. The number of hydrogen-bond acceptors (Lipinski definition) is 4. The molecule has 1 fully saturated rings. The van der Waals surface area contributed by atoms with Crippen LogP contribution in [0.15, 0.2) is 43.0 Å². The summed E-state index contributed by atoms with van der Waals surface area (Å²) in [7, 11) is 1.98. The van der Waals surface area contributed by atoms with Gasteiger partial charge in [0.25, 0.3) is 0 Å². The molecule has 25 heavy (non-hydrogen) atoms. The minimum atomic E-state index is 0.118. The third kappa shape index (κ3) is 3.33. The van der Waals surface area contributed by atoms with E-state index in [-0.39, 0.29) is 11.7 Å². The Kier molecular flexibility index (Phi) is 4.32. The fourth-order valence-electron chi connectivity index (χ4n) is 3.42. The number of hydrogen-bond donors (Lipinski definition) is 0. The molecule has 2 aromatic heterocycles. The molecule has 1 saturated heterocycles. The second kappa shape index (κ2) is 6.76. The Hall–Kier alpha value is -2.53. The number of Topliss-reactive ketones (excluding diaryl/α,β-unsaturated/α-hetero) is 1. The van der Waals surface area contributed by atoms with Gasteiger partial charge in [0.2, 0.25) is 0 Å². The maximum absolute atomic E-state index is 12.5. The van der Waals surface area contributed by atoms with E-state index in [4.69, 9.17) is 4.74 Å². The Morgan fingerprint density at radius 3 is 2.80 bits per heavy atom. The number of benzene rings is 1. The molecule has 3 aromatic rings. The lowest BCUT2D eigenvalue weighted by Gasteiger charge is -2.20. The van der Waals surface area contributed by atoms with Gasteiger partial charge in [-0.25, -0.2) is 4.98 Å². The Morgan fingerprint density at radius 2 is 2.04 bits per heavy atom. The van der Waals surface area contributed by atoms with Crippen LogP contribution in [0.1, 0.15) is 18.5 Å². The number of carbonyl (C=O) groups excluding carboxylic acids is 1. The van der Waals surface area contributed by atoms with E-state index in [9.17, 15) is 4.79 Å². The molecule has 0 N–H and O–H groups in total. The molecule has 4 rings (SSSR count). The summed E-state index contributed by atoms with van der Waals surface area (Å²) >= 11 is 0. The summed E-state index contributed by atoms with van der Waals surface area (Å²) in [5, 5.41) is 2.18. The minimum Gasteiger partial charge on any atom is -0.381 e. The predicted molar refractivity (Wildman–Crippen MR) is 96.2 cm³/mol. The van der Waals surface area contributed by atoms with Crippen LogP contribution in [0.2, 0.25) is 0 Å². The highest BCUT2D eigenvalue weighted by atomic mass is 16.5. The second-order valence-corrected chi connectivity index (χ2v) is 6.66. The number of aryl methyl sites for hydroxylation is 1. The summed E-state index contributed by atoms with van der Waals surface area (Å²) in [5.41, 5.74) is 3.02. The molecule has 0 bridgehead atoms. The maximum atomic E-state index is 12.5. The van der Waals surface area contributed by atoms with Gasteiger partial charge in [-0.1, -0.05) is 12.1 Å². The molecule has 0 unspecified atom stereocenters. The number of aromatic nitrogens is 3. The Labute approximate surface area is 146 Å². The van der Waals surface area contributed by atoms with Crippen molar-refractivity contribution in [3.63, 3.8) is 0 Å². The topological polar surface area (TPSA) is 57.0 Å². The van der Waals surface area contributed by atoms with E-state index in [1.54, 1.807) is 6.33 Å². The SMILES string of the molecule is Cn1cncc1-c1ccc2cnc(CC(=O)C3CCOCC3)cc2c1. The highest BCUT2D eigenvalue weighted by molar-refractivity contribution is 5.88. The summed E-state index contributed by atoms with van der Waals surface area (Å²) in [6, 6.07) is 8.31.